The lowest BCUT2D eigenvalue weighted by Gasteiger charge is -2.40. The molecule has 2 atom stereocenters. The number of rotatable bonds is 5. The minimum absolute atomic E-state index is 0.0154. The Bertz CT molecular complexity index is 899. The summed E-state index contributed by atoms with van der Waals surface area (Å²) >= 11 is 0. The van der Waals surface area contributed by atoms with Crippen molar-refractivity contribution in [2.24, 2.45) is 0 Å². The van der Waals surface area contributed by atoms with Gasteiger partial charge in [-0.25, -0.2) is 9.78 Å². The van der Waals surface area contributed by atoms with Crippen LogP contribution in [0.4, 0.5) is 0 Å². The second kappa shape index (κ2) is 5.68. The molecule has 5 rings (SSSR count). The molecule has 2 fully saturated rings. The molecule has 1 saturated heterocycles. The molecule has 142 valence electrons. The molecule has 0 unspecified atom stereocenters. The van der Waals surface area contributed by atoms with Crippen LogP contribution >= 0.6 is 0 Å². The van der Waals surface area contributed by atoms with Crippen LogP contribution in [0.1, 0.15) is 34.1 Å². The molecule has 0 bridgehead atoms. The highest BCUT2D eigenvalue weighted by Crippen LogP contribution is 2.63. The molecule has 11 heteroatoms. The Labute approximate surface area is 153 Å². The molecule has 1 aromatic heterocycles. The van der Waals surface area contributed by atoms with E-state index in [-0.39, 0.29) is 34.9 Å². The number of ether oxygens (including phenoxy) is 1. The Morgan fingerprint density at radius 2 is 2.22 bits per heavy atom. The number of nitrogens with zero attached hydrogens (tertiary/aromatic N) is 3. The van der Waals surface area contributed by atoms with Gasteiger partial charge in [0, 0.05) is 13.1 Å². The summed E-state index contributed by atoms with van der Waals surface area (Å²) in [7, 11) is 0. The number of fused-ring (bicyclic) bond motifs is 3. The zero-order valence-electron chi connectivity index (χ0n) is 14.3. The van der Waals surface area contributed by atoms with Gasteiger partial charge in [-0.1, -0.05) is 18.3 Å². The largest absolute Gasteiger partial charge is 0.669 e. The highest BCUT2D eigenvalue weighted by Gasteiger charge is 2.55. The van der Waals surface area contributed by atoms with E-state index in [1.165, 1.54) is 6.33 Å². The van der Waals surface area contributed by atoms with Gasteiger partial charge in [0.1, 0.15) is 29.6 Å². The molecule has 10 nitrogen and oxygen atoms in total. The third-order valence-corrected chi connectivity index (χ3v) is 5.51. The Morgan fingerprint density at radius 1 is 1.41 bits per heavy atom. The van der Waals surface area contributed by atoms with E-state index in [9.17, 15) is 19.9 Å². The maximum absolute atomic E-state index is 11.8. The summed E-state index contributed by atoms with van der Waals surface area (Å²) in [6.07, 6.45) is 1.86. The van der Waals surface area contributed by atoms with Crippen LogP contribution in [0.2, 0.25) is 5.82 Å². The molecule has 1 aliphatic carbocycles. The number of nitrogens with one attached hydrogen (secondary N) is 1. The van der Waals surface area contributed by atoms with Crippen LogP contribution in [0.15, 0.2) is 18.5 Å². The fraction of sp³-hybridized carbons (Fsp3) is 0.438. The first kappa shape index (κ1) is 16.5. The zero-order chi connectivity index (χ0) is 18.8. The normalized spacial score (nSPS) is 25.7. The highest BCUT2D eigenvalue weighted by atomic mass is 16.6. The van der Waals surface area contributed by atoms with Crippen molar-refractivity contribution in [2.45, 2.75) is 30.8 Å². The Hall–Kier alpha value is -2.63. The first-order valence-corrected chi connectivity index (χ1v) is 8.84. The molecule has 0 radical (unpaired) electrons. The third kappa shape index (κ3) is 2.74. The Balaban J connectivity index is 1.34. The lowest BCUT2D eigenvalue weighted by molar-refractivity contribution is 0.0120. The maximum Gasteiger partial charge on any atom is 0.434 e. The van der Waals surface area contributed by atoms with E-state index in [4.69, 9.17) is 9.39 Å². The summed E-state index contributed by atoms with van der Waals surface area (Å²) in [4.78, 5) is 18.0. The molecule has 3 heterocycles. The SMILES string of the molecule is O=C(O)c1c(OC2CN(Cc3ncn[nH]3)C2)ccc2c1O[B-](O)(O)[C@H]1C[C@@H]21. The Morgan fingerprint density at radius 3 is 2.93 bits per heavy atom. The summed E-state index contributed by atoms with van der Waals surface area (Å²) in [5.41, 5.74) is 0.548. The number of aromatic amines is 1. The smallest absolute Gasteiger partial charge is 0.434 e. The van der Waals surface area contributed by atoms with Crippen LogP contribution < -0.4 is 9.39 Å². The predicted molar refractivity (Wildman–Crippen MR) is 91.4 cm³/mol. The van der Waals surface area contributed by atoms with Crippen LogP contribution in [0, 0.1) is 0 Å². The van der Waals surface area contributed by atoms with E-state index in [2.05, 4.69) is 20.1 Å². The van der Waals surface area contributed by atoms with Crippen molar-refractivity contribution < 1.29 is 29.3 Å². The summed E-state index contributed by atoms with van der Waals surface area (Å²) < 4.78 is 11.2. The van der Waals surface area contributed by atoms with Crippen LogP contribution in [-0.4, -0.2) is 67.2 Å². The van der Waals surface area contributed by atoms with Crippen molar-refractivity contribution in [3.8, 4) is 11.5 Å². The number of hydrogen-bond donors (Lipinski definition) is 4. The van der Waals surface area contributed by atoms with E-state index in [1.807, 2.05) is 0 Å². The van der Waals surface area contributed by atoms with E-state index < -0.39 is 12.7 Å². The van der Waals surface area contributed by atoms with Crippen molar-refractivity contribution >= 4 is 12.7 Å². The number of benzene rings is 1. The van der Waals surface area contributed by atoms with Crippen LogP contribution in [0.3, 0.4) is 0 Å². The molecule has 0 amide bonds. The molecular formula is C16H18BN4O6-. The van der Waals surface area contributed by atoms with Gasteiger partial charge in [-0.05, 0) is 17.5 Å². The van der Waals surface area contributed by atoms with Gasteiger partial charge in [0.05, 0.1) is 12.3 Å². The second-order valence-corrected chi connectivity index (χ2v) is 7.41. The molecule has 3 aliphatic rings. The summed E-state index contributed by atoms with van der Waals surface area (Å²) in [5, 5.41) is 36.4. The van der Waals surface area contributed by atoms with Crippen LogP contribution in [0.25, 0.3) is 0 Å². The predicted octanol–water partition coefficient (Wildman–Crippen LogP) is -0.0605. The van der Waals surface area contributed by atoms with Gasteiger partial charge in [-0.2, -0.15) is 5.10 Å². The third-order valence-electron chi connectivity index (χ3n) is 5.51. The quantitative estimate of drug-likeness (QED) is 0.530. The molecule has 0 spiro atoms. The molecule has 27 heavy (non-hydrogen) atoms. The number of carboxylic acids is 1. The standard InChI is InChI=1S/C16H18BN4O6/c22-16(23)14-12(26-8-4-21(5-8)6-13-18-7-19-20-13)2-1-9-10-3-11(10)17(24,25)27-15(9)14/h1-2,7-8,10-11,24-25H,3-6H2,(H,22,23)(H,18,19,20)/q-1/t10-,11-/m0/s1. The Kier molecular flexibility index (Phi) is 3.48. The van der Waals surface area contributed by atoms with Crippen LogP contribution in [0.5, 0.6) is 11.5 Å². The number of carboxylic acid groups (broad SMARTS) is 1. The average Bonchev–Trinajstić information content (AvgIpc) is 3.23. The van der Waals surface area contributed by atoms with Gasteiger partial charge < -0.3 is 24.5 Å². The van der Waals surface area contributed by atoms with Crippen molar-refractivity contribution in [3.05, 3.63) is 35.4 Å². The lowest BCUT2D eigenvalue weighted by atomic mass is 9.68. The maximum atomic E-state index is 11.8. The first-order chi connectivity index (χ1) is 12.9. The number of carbonyl (C=O) groups is 1. The average molecular weight is 373 g/mol. The number of aromatic carboxylic acids is 1. The second-order valence-electron chi connectivity index (χ2n) is 7.41. The number of hydrogen-bond acceptors (Lipinski definition) is 8. The van der Waals surface area contributed by atoms with E-state index in [0.29, 0.717) is 31.6 Å². The summed E-state index contributed by atoms with van der Waals surface area (Å²) in [6.45, 7) is -1.19. The zero-order valence-corrected chi connectivity index (χ0v) is 14.3. The van der Waals surface area contributed by atoms with Crippen molar-refractivity contribution in [2.75, 3.05) is 13.1 Å². The van der Waals surface area contributed by atoms with Crippen molar-refractivity contribution in [1.29, 1.82) is 0 Å². The number of likely N-dealkylation sites (tertiary alicyclic amines) is 1. The topological polar surface area (TPSA) is 141 Å². The van der Waals surface area contributed by atoms with Gasteiger partial charge in [0.15, 0.2) is 0 Å². The van der Waals surface area contributed by atoms with E-state index >= 15 is 0 Å². The summed E-state index contributed by atoms with van der Waals surface area (Å²) in [5.74, 6) is -0.701. The number of aromatic nitrogens is 3. The fourth-order valence-electron chi connectivity index (χ4n) is 4.04. The van der Waals surface area contributed by atoms with E-state index in [0.717, 1.165) is 5.82 Å². The van der Waals surface area contributed by atoms with Gasteiger partial charge >= 0.3 is 12.7 Å². The van der Waals surface area contributed by atoms with Gasteiger partial charge in [-0.15, -0.1) is 0 Å². The highest BCUT2D eigenvalue weighted by molar-refractivity contribution is 6.62. The molecule has 2 aromatic rings. The number of H-pyrrole nitrogens is 1. The molecule has 1 aromatic carbocycles. The minimum Gasteiger partial charge on any atom is -0.669 e. The molecule has 2 aliphatic heterocycles. The monoisotopic (exact) mass is 373 g/mol. The first-order valence-electron chi connectivity index (χ1n) is 8.84. The molecular weight excluding hydrogens is 355 g/mol. The fourth-order valence-corrected chi connectivity index (χ4v) is 4.04. The van der Waals surface area contributed by atoms with Crippen molar-refractivity contribution in [1.82, 2.24) is 20.1 Å². The van der Waals surface area contributed by atoms with Gasteiger partial charge in [0.25, 0.3) is 0 Å². The van der Waals surface area contributed by atoms with Gasteiger partial charge in [-0.3, -0.25) is 10.00 Å². The van der Waals surface area contributed by atoms with Gasteiger partial charge in [0.2, 0.25) is 0 Å². The summed E-state index contributed by atoms with van der Waals surface area (Å²) in [6, 6.07) is 3.40. The molecule has 1 saturated carbocycles. The molecule has 4 N–H and O–H groups in total. The van der Waals surface area contributed by atoms with Crippen molar-refractivity contribution in [3.63, 3.8) is 0 Å². The lowest BCUT2D eigenvalue weighted by Crippen LogP contribution is -2.53. The minimum atomic E-state index is -3.04. The van der Waals surface area contributed by atoms with E-state index in [1.54, 1.807) is 12.1 Å². The van der Waals surface area contributed by atoms with Crippen LogP contribution in [-0.2, 0) is 6.54 Å².